The Balaban J connectivity index is 2.80. The lowest BCUT2D eigenvalue weighted by molar-refractivity contribution is 0.359. The zero-order chi connectivity index (χ0) is 22.4. The van der Waals surface area contributed by atoms with Gasteiger partial charge in [-0.1, -0.05) is 6.92 Å². The molecule has 29 heavy (non-hydrogen) atoms. The molecule has 1 aromatic carbocycles. The van der Waals surface area contributed by atoms with Crippen molar-refractivity contribution in [2.24, 2.45) is 0 Å². The van der Waals surface area contributed by atoms with E-state index in [1.807, 2.05) is 57.8 Å². The van der Waals surface area contributed by atoms with E-state index < -0.39 is 9.52 Å². The summed E-state index contributed by atoms with van der Waals surface area (Å²) in [6.45, 7) is 18.2. The molecule has 0 aliphatic carbocycles. The monoisotopic (exact) mass is 420 g/mol. The Morgan fingerprint density at radius 2 is 1.66 bits per heavy atom. The van der Waals surface area contributed by atoms with E-state index in [9.17, 15) is 4.21 Å². The Bertz CT molecular complexity index is 1030. The fourth-order valence-electron chi connectivity index (χ4n) is 3.45. The van der Waals surface area contributed by atoms with Crippen molar-refractivity contribution >= 4 is 14.4 Å². The number of nitrogens with zero attached hydrogens (tertiary/aromatic N) is 2. The molecular formula is C24H37FN2OS. The second kappa shape index (κ2) is 7.90. The lowest BCUT2D eigenvalue weighted by Crippen LogP contribution is -2.33. The van der Waals surface area contributed by atoms with Crippen LogP contribution in [0.15, 0.2) is 18.3 Å². The number of hydrogen-bond acceptors (Lipinski definition) is 2. The van der Waals surface area contributed by atoms with E-state index >= 15 is 4.39 Å². The zero-order valence-corrected chi connectivity index (χ0v) is 20.6. The van der Waals surface area contributed by atoms with Crippen molar-refractivity contribution in [2.75, 3.05) is 6.26 Å². The summed E-state index contributed by atoms with van der Waals surface area (Å²) in [6, 6.07) is 3.50. The van der Waals surface area contributed by atoms with Gasteiger partial charge in [0.1, 0.15) is 5.82 Å². The maximum atomic E-state index is 15.1. The van der Waals surface area contributed by atoms with Crippen LogP contribution in [0, 0.1) is 19.7 Å². The molecule has 5 heteroatoms. The van der Waals surface area contributed by atoms with E-state index in [0.717, 1.165) is 33.7 Å². The van der Waals surface area contributed by atoms with Crippen LogP contribution in [0.25, 0.3) is 11.3 Å². The summed E-state index contributed by atoms with van der Waals surface area (Å²) in [6.07, 6.45) is 4.95. The Morgan fingerprint density at radius 1 is 1.10 bits per heavy atom. The SMILES string of the molecule is CCC(Cc1cnn(C(C)(C)C)c1-c1cc(C)c(C)cc1F)=S(C)(=O)C(C)(C)C. The summed E-state index contributed by atoms with van der Waals surface area (Å²) in [5, 5.41) is 4.63. The maximum Gasteiger partial charge on any atom is 0.132 e. The first kappa shape index (κ1) is 23.7. The molecule has 162 valence electrons. The van der Waals surface area contributed by atoms with E-state index in [0.29, 0.717) is 12.0 Å². The lowest BCUT2D eigenvalue weighted by atomic mass is 9.97. The number of aromatic nitrogens is 2. The minimum Gasteiger partial charge on any atom is -0.267 e. The minimum atomic E-state index is -2.20. The highest BCUT2D eigenvalue weighted by Crippen LogP contribution is 2.33. The molecule has 0 aliphatic heterocycles. The standard InChI is InChI=1S/C24H37FN2OS/c1-11-19(29(10,28)24(7,8)9)14-18-15-26-27(23(4,5)6)22(18)20-12-16(2)17(3)13-21(20)25/h12-13,15H,11,14H2,1-10H3. The molecule has 1 atom stereocenters. The molecule has 0 aliphatic rings. The van der Waals surface area contributed by atoms with Crippen LogP contribution in [-0.4, -0.2) is 29.9 Å². The molecule has 0 bridgehead atoms. The fourth-order valence-corrected chi connectivity index (χ4v) is 5.30. The van der Waals surface area contributed by atoms with Gasteiger partial charge in [-0.2, -0.15) is 5.10 Å². The molecule has 1 aromatic heterocycles. The fraction of sp³-hybridized carbons (Fsp3) is 0.583. The van der Waals surface area contributed by atoms with Gasteiger partial charge in [0.2, 0.25) is 0 Å². The lowest BCUT2D eigenvalue weighted by Gasteiger charge is -2.27. The van der Waals surface area contributed by atoms with Gasteiger partial charge in [-0.25, -0.2) is 4.39 Å². The molecule has 0 saturated carbocycles. The van der Waals surface area contributed by atoms with Gasteiger partial charge >= 0.3 is 0 Å². The topological polar surface area (TPSA) is 34.9 Å². The molecular weight excluding hydrogens is 383 g/mol. The first-order chi connectivity index (χ1) is 13.1. The first-order valence-corrected chi connectivity index (χ1v) is 12.3. The average Bonchev–Trinajstić information content (AvgIpc) is 2.98. The molecule has 2 rings (SSSR count). The van der Waals surface area contributed by atoms with Gasteiger partial charge in [0.05, 0.1) is 17.4 Å². The highest BCUT2D eigenvalue weighted by molar-refractivity contribution is 8.02. The Hall–Kier alpha value is -1.62. The summed E-state index contributed by atoms with van der Waals surface area (Å²) in [7, 11) is -2.20. The van der Waals surface area contributed by atoms with Crippen molar-refractivity contribution in [3.05, 3.63) is 40.8 Å². The Kier molecular flexibility index (Phi) is 6.44. The smallest absolute Gasteiger partial charge is 0.132 e. The van der Waals surface area contributed by atoms with Gasteiger partial charge in [-0.15, -0.1) is 0 Å². The zero-order valence-electron chi connectivity index (χ0n) is 19.7. The molecule has 0 N–H and O–H groups in total. The van der Waals surface area contributed by atoms with Crippen molar-refractivity contribution in [3.63, 3.8) is 0 Å². The van der Waals surface area contributed by atoms with Crippen molar-refractivity contribution in [1.82, 2.24) is 9.78 Å². The third kappa shape index (κ3) is 4.60. The van der Waals surface area contributed by atoms with Crippen LogP contribution in [0.3, 0.4) is 0 Å². The second-order valence-electron chi connectivity index (χ2n) is 10.0. The molecule has 0 saturated heterocycles. The number of hydrogen-bond donors (Lipinski definition) is 0. The Morgan fingerprint density at radius 3 is 2.14 bits per heavy atom. The van der Waals surface area contributed by atoms with Gasteiger partial charge in [-0.05, 0) is 99.5 Å². The molecule has 0 spiro atoms. The Labute approximate surface area is 176 Å². The predicted octanol–water partition coefficient (Wildman–Crippen LogP) is 5.90. The predicted molar refractivity (Wildman–Crippen MR) is 125 cm³/mol. The van der Waals surface area contributed by atoms with Crippen LogP contribution >= 0.6 is 0 Å². The minimum absolute atomic E-state index is 0.244. The molecule has 3 nitrogen and oxygen atoms in total. The van der Waals surface area contributed by atoms with Gasteiger partial charge in [0.15, 0.2) is 0 Å². The average molecular weight is 421 g/mol. The largest absolute Gasteiger partial charge is 0.267 e. The van der Waals surface area contributed by atoms with Gasteiger partial charge in [-0.3, -0.25) is 8.89 Å². The molecule has 0 amide bonds. The highest BCUT2D eigenvalue weighted by atomic mass is 32.2. The number of rotatable bonds is 4. The number of aryl methyl sites for hydroxylation is 2. The second-order valence-corrected chi connectivity index (χ2v) is 13.5. The van der Waals surface area contributed by atoms with Crippen LogP contribution < -0.4 is 0 Å². The summed E-state index contributed by atoms with van der Waals surface area (Å²) in [5.41, 5.74) is 3.95. The third-order valence-corrected chi connectivity index (χ3v) is 9.69. The normalized spacial score (nSPS) is 14.7. The summed E-state index contributed by atoms with van der Waals surface area (Å²) in [5.74, 6) is -0.244. The molecule has 0 radical (unpaired) electrons. The third-order valence-electron chi connectivity index (χ3n) is 5.82. The van der Waals surface area contributed by atoms with E-state index in [2.05, 4.69) is 32.8 Å². The van der Waals surface area contributed by atoms with Crippen LogP contribution in [0.2, 0.25) is 0 Å². The summed E-state index contributed by atoms with van der Waals surface area (Å²) in [4.78, 5) is 1.00. The van der Waals surface area contributed by atoms with Crippen molar-refractivity contribution in [3.8, 4) is 11.3 Å². The van der Waals surface area contributed by atoms with Crippen molar-refractivity contribution in [1.29, 1.82) is 0 Å². The van der Waals surface area contributed by atoms with Gasteiger partial charge < -0.3 is 0 Å². The van der Waals surface area contributed by atoms with Crippen molar-refractivity contribution in [2.45, 2.75) is 85.4 Å². The van der Waals surface area contributed by atoms with Gasteiger partial charge in [0, 0.05) is 28.6 Å². The number of halogens is 1. The maximum absolute atomic E-state index is 15.1. The van der Waals surface area contributed by atoms with Gasteiger partial charge in [0.25, 0.3) is 0 Å². The highest BCUT2D eigenvalue weighted by Gasteiger charge is 2.28. The summed E-state index contributed by atoms with van der Waals surface area (Å²) < 4.78 is 30.3. The molecule has 1 heterocycles. The van der Waals surface area contributed by atoms with E-state index in [-0.39, 0.29) is 16.1 Å². The van der Waals surface area contributed by atoms with E-state index in [4.69, 9.17) is 0 Å². The van der Waals surface area contributed by atoms with Crippen LogP contribution in [0.1, 0.15) is 71.6 Å². The van der Waals surface area contributed by atoms with Crippen LogP contribution in [-0.2, 0) is 21.5 Å². The summed E-state index contributed by atoms with van der Waals surface area (Å²) >= 11 is 0. The quantitative estimate of drug-likeness (QED) is 0.577. The van der Waals surface area contributed by atoms with Crippen LogP contribution in [0.4, 0.5) is 4.39 Å². The first-order valence-electron chi connectivity index (χ1n) is 10.3. The van der Waals surface area contributed by atoms with E-state index in [1.54, 1.807) is 6.07 Å². The van der Waals surface area contributed by atoms with Crippen molar-refractivity contribution < 1.29 is 8.60 Å². The molecule has 1 unspecified atom stereocenters. The van der Waals surface area contributed by atoms with Crippen LogP contribution in [0.5, 0.6) is 0 Å². The molecule has 2 aromatic rings. The number of benzene rings is 1. The van der Waals surface area contributed by atoms with E-state index in [1.165, 1.54) is 0 Å². The molecule has 0 fully saturated rings.